The Morgan fingerprint density at radius 3 is 2.35 bits per heavy atom. The van der Waals surface area contributed by atoms with Gasteiger partial charge in [-0.2, -0.15) is 5.10 Å². The molecule has 1 heterocycles. The van der Waals surface area contributed by atoms with Crippen molar-refractivity contribution < 1.29 is 14.3 Å². The molecular weight excluding hydrogens is 294 g/mol. The van der Waals surface area contributed by atoms with Gasteiger partial charge < -0.3 is 10.1 Å². The van der Waals surface area contributed by atoms with E-state index in [0.717, 1.165) is 5.69 Å². The van der Waals surface area contributed by atoms with Gasteiger partial charge in [-0.05, 0) is 35.7 Å². The lowest BCUT2D eigenvalue weighted by Crippen LogP contribution is -2.49. The minimum atomic E-state index is -0.717. The van der Waals surface area contributed by atoms with Gasteiger partial charge >= 0.3 is 5.97 Å². The number of amides is 1. The molecule has 1 amide bonds. The fourth-order valence-electron chi connectivity index (χ4n) is 2.15. The quantitative estimate of drug-likeness (QED) is 0.878. The van der Waals surface area contributed by atoms with Crippen molar-refractivity contribution in [1.29, 1.82) is 0 Å². The van der Waals surface area contributed by atoms with E-state index in [1.165, 1.54) is 7.11 Å². The highest BCUT2D eigenvalue weighted by Gasteiger charge is 2.33. The van der Waals surface area contributed by atoms with Crippen LogP contribution < -0.4 is 5.32 Å². The molecule has 0 saturated carbocycles. The molecule has 0 aliphatic heterocycles. The lowest BCUT2D eigenvalue weighted by molar-refractivity contribution is -0.145. The molecule has 2 aromatic rings. The Morgan fingerprint density at radius 2 is 1.87 bits per heavy atom. The predicted molar refractivity (Wildman–Crippen MR) is 86.3 cm³/mol. The molecule has 1 aromatic heterocycles. The largest absolute Gasteiger partial charge is 0.467 e. The van der Waals surface area contributed by atoms with Crippen LogP contribution in [0.1, 0.15) is 31.1 Å². The SMILES string of the molecule is COC(=O)[C@@H](NC(=O)c1ccc(-n2cccn2)cc1)C(C)(C)C. The minimum Gasteiger partial charge on any atom is -0.467 e. The number of methoxy groups -OCH3 is 1. The third kappa shape index (κ3) is 3.97. The first-order chi connectivity index (χ1) is 10.8. The van der Waals surface area contributed by atoms with Gasteiger partial charge in [0.05, 0.1) is 12.8 Å². The van der Waals surface area contributed by atoms with Gasteiger partial charge in [-0.3, -0.25) is 4.79 Å². The minimum absolute atomic E-state index is 0.317. The number of nitrogens with one attached hydrogen (secondary N) is 1. The molecule has 0 bridgehead atoms. The first kappa shape index (κ1) is 16.7. The number of hydrogen-bond donors (Lipinski definition) is 1. The molecule has 6 nitrogen and oxygen atoms in total. The number of nitrogens with zero attached hydrogens (tertiary/aromatic N) is 2. The molecule has 0 unspecified atom stereocenters. The number of esters is 1. The first-order valence-corrected chi connectivity index (χ1v) is 7.31. The molecule has 0 aliphatic rings. The molecule has 1 N–H and O–H groups in total. The van der Waals surface area contributed by atoms with Crippen LogP contribution in [-0.4, -0.2) is 34.8 Å². The van der Waals surface area contributed by atoms with Crippen molar-refractivity contribution in [1.82, 2.24) is 15.1 Å². The average Bonchev–Trinajstić information content (AvgIpc) is 3.05. The highest BCUT2D eigenvalue weighted by molar-refractivity contribution is 5.97. The van der Waals surface area contributed by atoms with E-state index in [1.54, 1.807) is 35.1 Å². The summed E-state index contributed by atoms with van der Waals surface area (Å²) in [5.41, 5.74) is 0.878. The van der Waals surface area contributed by atoms with Crippen molar-refractivity contribution in [3.05, 3.63) is 48.3 Å². The van der Waals surface area contributed by atoms with Gasteiger partial charge in [-0.1, -0.05) is 20.8 Å². The van der Waals surface area contributed by atoms with Crippen LogP contribution in [0.5, 0.6) is 0 Å². The maximum absolute atomic E-state index is 12.4. The van der Waals surface area contributed by atoms with Gasteiger partial charge in [0.15, 0.2) is 0 Å². The van der Waals surface area contributed by atoms with Crippen molar-refractivity contribution in [3.8, 4) is 5.69 Å². The van der Waals surface area contributed by atoms with Crippen LogP contribution in [0.15, 0.2) is 42.7 Å². The zero-order valence-corrected chi connectivity index (χ0v) is 13.7. The third-order valence-corrected chi connectivity index (χ3v) is 3.48. The number of ether oxygens (including phenoxy) is 1. The zero-order chi connectivity index (χ0) is 17.0. The Labute approximate surface area is 135 Å². The zero-order valence-electron chi connectivity index (χ0n) is 13.7. The van der Waals surface area contributed by atoms with Gasteiger partial charge in [0, 0.05) is 18.0 Å². The van der Waals surface area contributed by atoms with Crippen LogP contribution in [0, 0.1) is 5.41 Å². The van der Waals surface area contributed by atoms with Crippen molar-refractivity contribution in [2.24, 2.45) is 5.41 Å². The third-order valence-electron chi connectivity index (χ3n) is 3.48. The Hall–Kier alpha value is -2.63. The van der Waals surface area contributed by atoms with Gasteiger partial charge in [0.25, 0.3) is 5.91 Å². The van der Waals surface area contributed by atoms with Crippen molar-refractivity contribution in [3.63, 3.8) is 0 Å². The van der Waals surface area contributed by atoms with Gasteiger partial charge in [-0.25, -0.2) is 9.48 Å². The summed E-state index contributed by atoms with van der Waals surface area (Å²) >= 11 is 0. The second-order valence-electron chi connectivity index (χ2n) is 6.29. The molecule has 23 heavy (non-hydrogen) atoms. The Bertz CT molecular complexity index is 670. The number of aromatic nitrogens is 2. The van der Waals surface area contributed by atoms with E-state index < -0.39 is 17.4 Å². The summed E-state index contributed by atoms with van der Waals surface area (Å²) in [4.78, 5) is 24.3. The Morgan fingerprint density at radius 1 is 1.22 bits per heavy atom. The monoisotopic (exact) mass is 315 g/mol. The number of carbonyl (C=O) groups excluding carboxylic acids is 2. The van der Waals surface area contributed by atoms with Crippen LogP contribution in [0.25, 0.3) is 5.69 Å². The predicted octanol–water partition coefficient (Wildman–Crippen LogP) is 2.19. The molecular formula is C17H21N3O3. The summed E-state index contributed by atoms with van der Waals surface area (Å²) in [6, 6.07) is 8.10. The summed E-state index contributed by atoms with van der Waals surface area (Å²) in [6.07, 6.45) is 3.51. The molecule has 2 rings (SSSR count). The average molecular weight is 315 g/mol. The first-order valence-electron chi connectivity index (χ1n) is 7.31. The smallest absolute Gasteiger partial charge is 0.328 e. The molecule has 122 valence electrons. The number of carbonyl (C=O) groups is 2. The molecule has 6 heteroatoms. The van der Waals surface area contributed by atoms with Gasteiger partial charge in [0.1, 0.15) is 6.04 Å². The summed E-state index contributed by atoms with van der Waals surface area (Å²) in [5, 5.41) is 6.87. The highest BCUT2D eigenvalue weighted by Crippen LogP contribution is 2.21. The fourth-order valence-corrected chi connectivity index (χ4v) is 2.15. The van der Waals surface area contributed by atoms with Gasteiger partial charge in [-0.15, -0.1) is 0 Å². The Balaban J connectivity index is 2.15. The second kappa shape index (κ2) is 6.64. The van der Waals surface area contributed by atoms with Crippen molar-refractivity contribution >= 4 is 11.9 Å². The van der Waals surface area contributed by atoms with Crippen LogP contribution >= 0.6 is 0 Å². The highest BCUT2D eigenvalue weighted by atomic mass is 16.5. The number of hydrogen-bond acceptors (Lipinski definition) is 4. The molecule has 0 saturated heterocycles. The summed E-state index contributed by atoms with van der Waals surface area (Å²) in [6.45, 7) is 5.61. The summed E-state index contributed by atoms with van der Waals surface area (Å²) < 4.78 is 6.48. The standard InChI is InChI=1S/C17H21N3O3/c1-17(2,3)14(16(22)23-4)19-15(21)12-6-8-13(9-7-12)20-11-5-10-18-20/h5-11,14H,1-4H3,(H,19,21)/t14-/m1/s1. The van der Waals surface area contributed by atoms with Crippen LogP contribution in [-0.2, 0) is 9.53 Å². The fraction of sp³-hybridized carbons (Fsp3) is 0.353. The van der Waals surface area contributed by atoms with E-state index in [-0.39, 0.29) is 5.91 Å². The van der Waals surface area contributed by atoms with Crippen LogP contribution in [0.4, 0.5) is 0 Å². The van der Waals surface area contributed by atoms with E-state index in [4.69, 9.17) is 4.74 Å². The number of rotatable bonds is 4. The molecule has 0 radical (unpaired) electrons. The molecule has 1 atom stereocenters. The number of benzene rings is 1. The molecule has 1 aromatic carbocycles. The van der Waals surface area contributed by atoms with Crippen molar-refractivity contribution in [2.45, 2.75) is 26.8 Å². The van der Waals surface area contributed by atoms with Crippen LogP contribution in [0.3, 0.4) is 0 Å². The van der Waals surface area contributed by atoms with Crippen LogP contribution in [0.2, 0.25) is 0 Å². The molecule has 0 aliphatic carbocycles. The van der Waals surface area contributed by atoms with Crippen molar-refractivity contribution in [2.75, 3.05) is 7.11 Å². The van der Waals surface area contributed by atoms with E-state index in [1.807, 2.05) is 33.0 Å². The topological polar surface area (TPSA) is 73.2 Å². The lowest BCUT2D eigenvalue weighted by Gasteiger charge is -2.29. The molecule has 0 spiro atoms. The Kier molecular flexibility index (Phi) is 4.83. The van der Waals surface area contributed by atoms with E-state index in [0.29, 0.717) is 5.56 Å². The van der Waals surface area contributed by atoms with E-state index in [2.05, 4.69) is 10.4 Å². The maximum Gasteiger partial charge on any atom is 0.328 e. The molecule has 0 fully saturated rings. The lowest BCUT2D eigenvalue weighted by atomic mass is 9.86. The summed E-state index contributed by atoms with van der Waals surface area (Å²) in [5.74, 6) is -0.777. The maximum atomic E-state index is 12.4. The normalized spacial score (nSPS) is 12.5. The summed E-state index contributed by atoms with van der Waals surface area (Å²) in [7, 11) is 1.31. The van der Waals surface area contributed by atoms with E-state index >= 15 is 0 Å². The second-order valence-corrected chi connectivity index (χ2v) is 6.29. The van der Waals surface area contributed by atoms with E-state index in [9.17, 15) is 9.59 Å². The van der Waals surface area contributed by atoms with Gasteiger partial charge in [0.2, 0.25) is 0 Å².